The number of piperidine rings is 1. The van der Waals surface area contributed by atoms with Gasteiger partial charge in [0, 0.05) is 32.9 Å². The molecule has 0 amide bonds. The van der Waals surface area contributed by atoms with E-state index in [0.717, 1.165) is 48.3 Å². The Morgan fingerprint density at radius 3 is 2.63 bits per heavy atom. The molecule has 4 N–H and O–H groups in total. The summed E-state index contributed by atoms with van der Waals surface area (Å²) in [6.07, 6.45) is 7.45. The van der Waals surface area contributed by atoms with Crippen LogP contribution in [0.25, 0.3) is 17.0 Å². The number of hydrogen-bond donors (Lipinski definition) is 4. The zero-order valence-corrected chi connectivity index (χ0v) is 21.8. The second-order valence-electron chi connectivity index (χ2n) is 9.48. The number of aliphatic hydroxyl groups excluding tert-OH is 1. The topological polar surface area (TPSA) is 123 Å². The van der Waals surface area contributed by atoms with Gasteiger partial charge < -0.3 is 29.9 Å². The van der Waals surface area contributed by atoms with Crippen molar-refractivity contribution in [1.82, 2.24) is 9.88 Å². The van der Waals surface area contributed by atoms with Crippen LogP contribution in [0.3, 0.4) is 0 Å². The van der Waals surface area contributed by atoms with Gasteiger partial charge in [0.1, 0.15) is 24.3 Å². The highest BCUT2D eigenvalue weighted by Gasteiger charge is 2.24. The molecule has 2 aromatic heterocycles. The summed E-state index contributed by atoms with van der Waals surface area (Å²) in [5.74, 6) is -2.44. The van der Waals surface area contributed by atoms with Crippen molar-refractivity contribution in [2.24, 2.45) is 0 Å². The number of aliphatic carboxylic acids is 2. The number of fused-ring (bicyclic) bond motifs is 2. The molecule has 1 aliphatic heterocycles. The first kappa shape index (κ1) is 27.6. The number of allylic oxidation sites excluding steroid dienone is 3. The summed E-state index contributed by atoms with van der Waals surface area (Å²) in [5, 5.41) is 26.4. The first-order valence-electron chi connectivity index (χ1n) is 12.4. The minimum atomic E-state index is -1.82. The Balaban J connectivity index is 0.000000505. The van der Waals surface area contributed by atoms with Gasteiger partial charge in [0.2, 0.25) is 0 Å². The Hall–Kier alpha value is -3.47. The van der Waals surface area contributed by atoms with Crippen molar-refractivity contribution >= 4 is 40.3 Å². The lowest BCUT2D eigenvalue weighted by molar-refractivity contribution is -0.159. The second kappa shape index (κ2) is 12.4. The molecule has 1 aliphatic carbocycles. The molecular weight excluding hydrogens is 511 g/mol. The average Bonchev–Trinajstić information content (AvgIpc) is 3.43. The van der Waals surface area contributed by atoms with E-state index in [1.54, 1.807) is 23.5 Å². The molecule has 0 radical (unpaired) electrons. The number of carboxylic acids is 2. The van der Waals surface area contributed by atoms with Crippen LogP contribution in [0.15, 0.2) is 48.3 Å². The molecule has 10 heteroatoms. The van der Waals surface area contributed by atoms with Crippen LogP contribution in [-0.4, -0.2) is 69.5 Å². The van der Waals surface area contributed by atoms with Crippen LogP contribution in [0.1, 0.15) is 39.8 Å². The molecule has 0 saturated carbocycles. The largest absolute Gasteiger partial charge is 0.490 e. The van der Waals surface area contributed by atoms with Crippen LogP contribution < -0.4 is 4.74 Å². The summed E-state index contributed by atoms with van der Waals surface area (Å²) in [6, 6.07) is 10.3. The average molecular weight is 543 g/mol. The van der Waals surface area contributed by atoms with Gasteiger partial charge in [0.05, 0.1) is 0 Å². The number of β-amino-alcohol motifs (C(OH)–C–C–N with tert-alkyl or cyclic N) is 1. The smallest absolute Gasteiger partial charge is 0.414 e. The zero-order chi connectivity index (χ0) is 27.2. The molecule has 1 atom stereocenters. The number of aliphatic hydroxyl groups is 1. The fourth-order valence-corrected chi connectivity index (χ4v) is 5.99. The molecule has 1 unspecified atom stereocenters. The maximum absolute atomic E-state index is 13.5. The Kier molecular flexibility index (Phi) is 8.98. The minimum absolute atomic E-state index is 0.148. The number of rotatable bonds is 6. The van der Waals surface area contributed by atoms with Crippen molar-refractivity contribution in [2.45, 2.75) is 38.2 Å². The zero-order valence-electron chi connectivity index (χ0n) is 21.0. The van der Waals surface area contributed by atoms with Crippen molar-refractivity contribution in [3.63, 3.8) is 0 Å². The van der Waals surface area contributed by atoms with Gasteiger partial charge in [-0.1, -0.05) is 6.07 Å². The van der Waals surface area contributed by atoms with E-state index in [1.807, 2.05) is 31.2 Å². The summed E-state index contributed by atoms with van der Waals surface area (Å²) in [7, 11) is 0. The maximum Gasteiger partial charge on any atom is 0.414 e. The van der Waals surface area contributed by atoms with Crippen molar-refractivity contribution in [3.8, 4) is 5.75 Å². The third kappa shape index (κ3) is 7.09. The normalized spacial score (nSPS) is 16.7. The van der Waals surface area contributed by atoms with Gasteiger partial charge in [0.15, 0.2) is 0 Å². The molecular formula is C28H31FN2O6S. The number of aromatic amines is 1. The number of nitrogens with zero attached hydrogens (tertiary/aromatic N) is 1. The number of thiophene rings is 1. The quantitative estimate of drug-likeness (QED) is 0.332. The van der Waals surface area contributed by atoms with Gasteiger partial charge in [-0.15, -0.1) is 11.3 Å². The lowest BCUT2D eigenvalue weighted by Crippen LogP contribution is -2.40. The number of aromatic nitrogens is 1. The van der Waals surface area contributed by atoms with E-state index in [-0.39, 0.29) is 12.4 Å². The number of hydrogen-bond acceptors (Lipinski definition) is 6. The van der Waals surface area contributed by atoms with E-state index in [1.165, 1.54) is 15.3 Å². The lowest BCUT2D eigenvalue weighted by Gasteiger charge is -2.32. The lowest BCUT2D eigenvalue weighted by atomic mass is 9.94. The number of aryl methyl sites for hydroxylation is 1. The molecule has 8 nitrogen and oxygen atoms in total. The van der Waals surface area contributed by atoms with Gasteiger partial charge >= 0.3 is 11.9 Å². The number of carbonyl (C=O) groups is 2. The molecule has 1 aromatic carbocycles. The molecule has 38 heavy (non-hydrogen) atoms. The third-order valence-electron chi connectivity index (χ3n) is 6.60. The maximum atomic E-state index is 13.5. The van der Waals surface area contributed by atoms with Gasteiger partial charge in [-0.05, 0) is 93.3 Å². The number of likely N-dealkylation sites (tertiary alicyclic amines) is 1. The number of benzene rings is 1. The van der Waals surface area contributed by atoms with Crippen molar-refractivity contribution in [2.75, 3.05) is 26.2 Å². The third-order valence-corrected chi connectivity index (χ3v) is 7.91. The number of ether oxygens (including phenoxy) is 1. The van der Waals surface area contributed by atoms with Crippen molar-refractivity contribution in [1.29, 1.82) is 0 Å². The second-order valence-corrected chi connectivity index (χ2v) is 10.6. The SMILES string of the molecule is Cc1cc2c(OCC(O)CN3CCC(c4cc5c(s4)C=CC(F)=CC5)CC3)cccc2[nH]1.O=C(O)C(=O)O. The standard InChI is InChI=1S/C26H29FN2O2S.C2H2O4/c1-17-13-22-23(28-17)3-2-4-24(22)31-16-21(30)15-29-11-9-18(10-12-29)26-14-19-5-6-20(27)7-8-25(19)32-26;3-1(4)2(5)6/h2-4,6-8,13-14,18,21,28,30H,5,9-12,15-16H2,1H3;(H,3,4)(H,5,6). The van der Waals surface area contributed by atoms with Gasteiger partial charge in [-0.25, -0.2) is 14.0 Å². The molecule has 2 aliphatic rings. The molecule has 3 heterocycles. The number of halogens is 1. The highest BCUT2D eigenvalue weighted by Crippen LogP contribution is 2.37. The van der Waals surface area contributed by atoms with Gasteiger partial charge in [-0.2, -0.15) is 0 Å². The fraction of sp³-hybridized carbons (Fsp3) is 0.357. The monoisotopic (exact) mass is 542 g/mol. The van der Waals surface area contributed by atoms with Crippen LogP contribution in [0, 0.1) is 6.92 Å². The Bertz CT molecular complexity index is 1340. The minimum Gasteiger partial charge on any atom is -0.490 e. The first-order chi connectivity index (χ1) is 18.2. The van der Waals surface area contributed by atoms with E-state index < -0.39 is 18.0 Å². The molecule has 202 valence electrons. The van der Waals surface area contributed by atoms with E-state index in [0.29, 0.717) is 18.9 Å². The van der Waals surface area contributed by atoms with Crippen LogP contribution in [0.4, 0.5) is 4.39 Å². The Labute approximate surface area is 223 Å². The van der Waals surface area contributed by atoms with Crippen LogP contribution in [0.5, 0.6) is 5.75 Å². The van der Waals surface area contributed by atoms with Crippen molar-refractivity contribution < 1.29 is 34.0 Å². The Morgan fingerprint density at radius 1 is 1.18 bits per heavy atom. The molecule has 0 bridgehead atoms. The predicted octanol–water partition coefficient (Wildman–Crippen LogP) is 4.74. The van der Waals surface area contributed by atoms with Crippen LogP contribution >= 0.6 is 11.3 Å². The molecule has 0 spiro atoms. The number of H-pyrrole nitrogens is 1. The van der Waals surface area contributed by atoms with Gasteiger partial charge in [0.25, 0.3) is 0 Å². The molecule has 1 fully saturated rings. The summed E-state index contributed by atoms with van der Waals surface area (Å²) in [4.78, 5) is 26.4. The number of nitrogens with one attached hydrogen (secondary N) is 1. The summed E-state index contributed by atoms with van der Waals surface area (Å²) in [6.45, 7) is 4.89. The van der Waals surface area contributed by atoms with E-state index in [2.05, 4.69) is 22.0 Å². The molecule has 3 aromatic rings. The van der Waals surface area contributed by atoms with E-state index in [4.69, 9.17) is 24.5 Å². The van der Waals surface area contributed by atoms with Gasteiger partial charge in [-0.3, -0.25) is 0 Å². The first-order valence-corrected chi connectivity index (χ1v) is 13.3. The van der Waals surface area contributed by atoms with Crippen LogP contribution in [0.2, 0.25) is 0 Å². The van der Waals surface area contributed by atoms with E-state index >= 15 is 0 Å². The summed E-state index contributed by atoms with van der Waals surface area (Å²) >= 11 is 1.80. The fourth-order valence-electron chi connectivity index (χ4n) is 4.73. The Morgan fingerprint density at radius 2 is 1.92 bits per heavy atom. The molecule has 5 rings (SSSR count). The summed E-state index contributed by atoms with van der Waals surface area (Å²) < 4.78 is 19.4. The van der Waals surface area contributed by atoms with E-state index in [9.17, 15) is 9.50 Å². The highest BCUT2D eigenvalue weighted by atomic mass is 32.1. The van der Waals surface area contributed by atoms with Crippen LogP contribution in [-0.2, 0) is 16.0 Å². The predicted molar refractivity (Wildman–Crippen MR) is 144 cm³/mol. The van der Waals surface area contributed by atoms with Crippen molar-refractivity contribution in [3.05, 3.63) is 69.3 Å². The summed E-state index contributed by atoms with van der Waals surface area (Å²) in [5.41, 5.74) is 3.39. The highest BCUT2D eigenvalue weighted by molar-refractivity contribution is 7.13. The number of carboxylic acid groups (broad SMARTS) is 2. The molecule has 1 saturated heterocycles.